The molecule has 0 fully saturated rings. The van der Waals surface area contributed by atoms with Crippen LogP contribution in [0.15, 0.2) is 39.4 Å². The first-order valence-corrected chi connectivity index (χ1v) is 7.82. The summed E-state index contributed by atoms with van der Waals surface area (Å²) in [4.78, 5) is 3.04. The third-order valence-corrected chi connectivity index (χ3v) is 3.95. The zero-order valence-corrected chi connectivity index (χ0v) is 12.7. The third-order valence-electron chi connectivity index (χ3n) is 3.09. The second-order valence-electron chi connectivity index (χ2n) is 4.75. The molecule has 12 heteroatoms. The number of hydrogen-bond acceptors (Lipinski definition) is 9. The Kier molecular flexibility index (Phi) is 3.54. The number of benzene rings is 2. The lowest BCUT2D eigenvalue weighted by Gasteiger charge is -2.09. The van der Waals surface area contributed by atoms with Crippen LogP contribution in [0, 0.1) is 0 Å². The van der Waals surface area contributed by atoms with Gasteiger partial charge in [-0.05, 0) is 23.6 Å². The zero-order chi connectivity index (χ0) is 17.5. The van der Waals surface area contributed by atoms with Crippen LogP contribution < -0.4 is 11.5 Å². The van der Waals surface area contributed by atoms with Crippen LogP contribution in [0.4, 0.5) is 23.3 Å². The van der Waals surface area contributed by atoms with Crippen molar-refractivity contribution in [1.29, 1.82) is 0 Å². The number of phenols is 1. The average molecular weight is 349 g/mol. The van der Waals surface area contributed by atoms with Crippen molar-refractivity contribution in [3.05, 3.63) is 24.3 Å². The number of nitrogens with two attached hydrogens (primary N) is 2. The second-order valence-corrected chi connectivity index (χ2v) is 6.14. The molecule has 0 saturated heterocycles. The fourth-order valence-electron chi connectivity index (χ4n) is 2.06. The van der Waals surface area contributed by atoms with E-state index in [9.17, 15) is 18.1 Å². The molecule has 0 aliphatic rings. The number of H-pyrrole nitrogens is 1. The van der Waals surface area contributed by atoms with Gasteiger partial charge in [0.05, 0.1) is 0 Å². The van der Waals surface area contributed by atoms with Gasteiger partial charge >= 0.3 is 0 Å². The Labute approximate surface area is 134 Å². The molecule has 0 saturated carbocycles. The monoisotopic (exact) mass is 349 g/mol. The van der Waals surface area contributed by atoms with Gasteiger partial charge in [-0.15, -0.1) is 15.3 Å². The highest BCUT2D eigenvalue weighted by molar-refractivity contribution is 7.86. The number of nitrogens with zero attached hydrogens (tertiary/aromatic N) is 4. The van der Waals surface area contributed by atoms with Gasteiger partial charge in [-0.3, -0.25) is 4.55 Å². The van der Waals surface area contributed by atoms with Gasteiger partial charge in [0, 0.05) is 11.1 Å². The van der Waals surface area contributed by atoms with E-state index < -0.39 is 26.5 Å². The summed E-state index contributed by atoms with van der Waals surface area (Å²) in [6.45, 7) is 0. The van der Waals surface area contributed by atoms with Crippen LogP contribution in [0.5, 0.6) is 5.75 Å². The van der Waals surface area contributed by atoms with E-state index in [1.165, 1.54) is 18.2 Å². The number of fused-ring (bicyclic) bond motifs is 1. The molecule has 11 nitrogen and oxygen atoms in total. The quantitative estimate of drug-likeness (QED) is 0.266. The van der Waals surface area contributed by atoms with E-state index in [-0.39, 0.29) is 17.3 Å². The summed E-state index contributed by atoms with van der Waals surface area (Å²) in [5.74, 6) is -0.713. The number of rotatable bonds is 3. The Balaban J connectivity index is 2.27. The van der Waals surface area contributed by atoms with Crippen LogP contribution in [0.1, 0.15) is 0 Å². The van der Waals surface area contributed by atoms with Crippen LogP contribution in [0.3, 0.4) is 0 Å². The Bertz CT molecular complexity index is 1070. The lowest BCUT2D eigenvalue weighted by atomic mass is 10.1. The Morgan fingerprint density at radius 1 is 1.17 bits per heavy atom. The smallest absolute Gasteiger partial charge is 0.296 e. The van der Waals surface area contributed by atoms with Crippen molar-refractivity contribution in [3.63, 3.8) is 0 Å². The summed E-state index contributed by atoms with van der Waals surface area (Å²) >= 11 is 0. The van der Waals surface area contributed by atoms with Crippen molar-refractivity contribution in [3.8, 4) is 5.75 Å². The van der Waals surface area contributed by atoms with Gasteiger partial charge < -0.3 is 16.6 Å². The van der Waals surface area contributed by atoms with Crippen LogP contribution in [0.25, 0.3) is 10.8 Å². The van der Waals surface area contributed by atoms with E-state index in [4.69, 9.17) is 11.5 Å². The number of phenolic OH excluding ortho intramolecular Hbond substituents is 1. The fraction of sp³-hybridized carbons (Fsp3) is 0. The highest BCUT2D eigenvalue weighted by atomic mass is 32.2. The minimum absolute atomic E-state index is 0.0190. The molecule has 1 heterocycles. The summed E-state index contributed by atoms with van der Waals surface area (Å²) in [6, 6.07) is 5.59. The first-order valence-electron chi connectivity index (χ1n) is 6.38. The van der Waals surface area contributed by atoms with Crippen molar-refractivity contribution in [2.75, 3.05) is 11.5 Å². The van der Waals surface area contributed by atoms with E-state index in [1.54, 1.807) is 0 Å². The standard InChI is InChI=1S/C12H11N7O4S/c13-6-2-1-5-3-8(24(21,22)23)9(10(20)7(5)4-6)16-18-12-15-11(14)17-19-12/h1-4,20H,13H2,(H,21,22,23)(H3,14,15,17,19). The lowest BCUT2D eigenvalue weighted by molar-refractivity contribution is 0.472. The minimum atomic E-state index is -4.68. The van der Waals surface area contributed by atoms with Crippen LogP contribution >= 0.6 is 0 Å². The number of hydrogen-bond donors (Lipinski definition) is 5. The average Bonchev–Trinajstić information content (AvgIpc) is 2.91. The topological polar surface area (TPSA) is 193 Å². The summed E-state index contributed by atoms with van der Waals surface area (Å²) < 4.78 is 32.6. The first kappa shape index (κ1) is 15.6. The zero-order valence-electron chi connectivity index (χ0n) is 11.9. The van der Waals surface area contributed by atoms with E-state index in [0.29, 0.717) is 11.1 Å². The molecule has 24 heavy (non-hydrogen) atoms. The maximum absolute atomic E-state index is 11.6. The van der Waals surface area contributed by atoms with E-state index >= 15 is 0 Å². The van der Waals surface area contributed by atoms with Crippen molar-refractivity contribution >= 4 is 44.2 Å². The highest BCUT2D eigenvalue weighted by Crippen LogP contribution is 2.41. The van der Waals surface area contributed by atoms with Crippen molar-refractivity contribution in [2.24, 2.45) is 10.2 Å². The first-order chi connectivity index (χ1) is 11.3. The summed E-state index contributed by atoms with van der Waals surface area (Å²) in [5.41, 5.74) is 10.9. The Morgan fingerprint density at radius 2 is 1.92 bits per heavy atom. The van der Waals surface area contributed by atoms with Crippen LogP contribution in [0.2, 0.25) is 0 Å². The molecule has 3 rings (SSSR count). The molecule has 0 aliphatic heterocycles. The number of aromatic hydroxyl groups is 1. The van der Waals surface area contributed by atoms with Crippen molar-refractivity contribution in [1.82, 2.24) is 15.2 Å². The fourth-order valence-corrected chi connectivity index (χ4v) is 2.71. The maximum Gasteiger partial charge on any atom is 0.296 e. The van der Waals surface area contributed by atoms with Gasteiger partial charge in [0.15, 0.2) is 5.75 Å². The molecule has 0 atom stereocenters. The normalized spacial score (nSPS) is 12.2. The van der Waals surface area contributed by atoms with Crippen molar-refractivity contribution < 1.29 is 18.1 Å². The molecule has 7 N–H and O–H groups in total. The predicted octanol–water partition coefficient (Wildman–Crippen LogP) is 1.49. The summed E-state index contributed by atoms with van der Waals surface area (Å²) in [6.07, 6.45) is 0. The van der Waals surface area contributed by atoms with Gasteiger partial charge in [-0.25, -0.2) is 5.10 Å². The number of aromatic nitrogens is 3. The molecule has 0 bridgehead atoms. The van der Waals surface area contributed by atoms with E-state index in [0.717, 1.165) is 6.07 Å². The summed E-state index contributed by atoms with van der Waals surface area (Å²) in [5, 5.41) is 24.1. The number of azo groups is 1. The third kappa shape index (κ3) is 2.82. The van der Waals surface area contributed by atoms with Gasteiger partial charge in [-0.1, -0.05) is 6.07 Å². The lowest BCUT2D eigenvalue weighted by Crippen LogP contribution is -1.99. The molecule has 3 aromatic rings. The molecule has 1 aromatic heterocycles. The van der Waals surface area contributed by atoms with E-state index in [2.05, 4.69) is 25.4 Å². The number of nitrogens with one attached hydrogen (secondary N) is 1. The summed E-state index contributed by atoms with van der Waals surface area (Å²) in [7, 11) is -4.68. The van der Waals surface area contributed by atoms with Gasteiger partial charge in [0.25, 0.3) is 16.1 Å². The second kappa shape index (κ2) is 5.43. The molecular weight excluding hydrogens is 338 g/mol. The minimum Gasteiger partial charge on any atom is -0.505 e. The van der Waals surface area contributed by atoms with Crippen molar-refractivity contribution in [2.45, 2.75) is 4.90 Å². The van der Waals surface area contributed by atoms with E-state index in [1.807, 2.05) is 0 Å². The number of anilines is 2. The van der Waals surface area contributed by atoms with Gasteiger partial charge in [0.2, 0.25) is 5.95 Å². The van der Waals surface area contributed by atoms with Crippen LogP contribution in [-0.4, -0.2) is 33.3 Å². The Morgan fingerprint density at radius 3 is 2.54 bits per heavy atom. The predicted molar refractivity (Wildman–Crippen MR) is 84.8 cm³/mol. The largest absolute Gasteiger partial charge is 0.505 e. The van der Waals surface area contributed by atoms with Gasteiger partial charge in [0.1, 0.15) is 10.6 Å². The maximum atomic E-state index is 11.6. The number of nitrogen functional groups attached to an aromatic ring is 2. The SMILES string of the molecule is Nc1ccc2cc(S(=O)(=O)O)c(N=Nc3n[nH]c(N)n3)c(O)c2c1. The molecular formula is C12H11N7O4S. The van der Waals surface area contributed by atoms with Gasteiger partial charge in [-0.2, -0.15) is 13.4 Å². The molecule has 124 valence electrons. The van der Waals surface area contributed by atoms with Crippen LogP contribution in [-0.2, 0) is 10.1 Å². The molecule has 0 unspecified atom stereocenters. The molecule has 0 aliphatic carbocycles. The molecule has 2 aromatic carbocycles. The molecule has 0 radical (unpaired) electrons. The molecule has 0 spiro atoms. The highest BCUT2D eigenvalue weighted by Gasteiger charge is 2.22. The molecule has 0 amide bonds. The number of aromatic amines is 1. The Hall–Kier alpha value is -3.25.